The van der Waals surface area contributed by atoms with Crippen molar-refractivity contribution >= 4 is 28.4 Å². The van der Waals surface area contributed by atoms with Crippen molar-refractivity contribution in [3.8, 4) is 22.6 Å². The number of thioether (sulfide) groups is 1. The van der Waals surface area contributed by atoms with Gasteiger partial charge in [-0.05, 0) is 38.8 Å². The van der Waals surface area contributed by atoms with Crippen molar-refractivity contribution in [2.75, 3.05) is 0 Å². The second kappa shape index (κ2) is 8.27. The van der Waals surface area contributed by atoms with Crippen LogP contribution in [0.5, 0.6) is 0 Å². The predicted octanol–water partition coefficient (Wildman–Crippen LogP) is 5.70. The highest BCUT2D eigenvalue weighted by Crippen LogP contribution is 2.36. The number of Topliss-reactive ketones (excluding diaryl/α,β-unsaturated/α-hetero) is 1. The van der Waals surface area contributed by atoms with Crippen LogP contribution in [-0.2, 0) is 11.3 Å². The molecule has 1 unspecified atom stereocenters. The van der Waals surface area contributed by atoms with Gasteiger partial charge in [-0.3, -0.25) is 4.79 Å². The van der Waals surface area contributed by atoms with Crippen molar-refractivity contribution in [3.05, 3.63) is 60.2 Å². The van der Waals surface area contributed by atoms with Crippen LogP contribution in [0.3, 0.4) is 0 Å². The third-order valence-electron chi connectivity index (χ3n) is 5.83. The van der Waals surface area contributed by atoms with Gasteiger partial charge in [-0.2, -0.15) is 0 Å². The molecule has 4 aromatic rings. The molecule has 5 rings (SSSR count). The van der Waals surface area contributed by atoms with E-state index in [4.69, 9.17) is 4.98 Å². The lowest BCUT2D eigenvalue weighted by atomic mass is 10.0. The van der Waals surface area contributed by atoms with E-state index in [1.807, 2.05) is 18.2 Å². The van der Waals surface area contributed by atoms with E-state index in [2.05, 4.69) is 65.0 Å². The van der Waals surface area contributed by atoms with E-state index in [9.17, 15) is 4.79 Å². The van der Waals surface area contributed by atoms with Crippen LogP contribution >= 0.6 is 11.8 Å². The quantitative estimate of drug-likeness (QED) is 0.408. The third kappa shape index (κ3) is 3.76. The monoisotopic (exact) mass is 428 g/mol. The Morgan fingerprint density at radius 2 is 1.90 bits per heavy atom. The van der Waals surface area contributed by atoms with Crippen molar-refractivity contribution in [1.82, 2.24) is 19.7 Å². The maximum absolute atomic E-state index is 12.2. The second-order valence-corrected chi connectivity index (χ2v) is 9.12. The highest BCUT2D eigenvalue weighted by atomic mass is 32.2. The zero-order chi connectivity index (χ0) is 21.4. The molecule has 6 heteroatoms. The molecule has 2 aromatic heterocycles. The Bertz CT molecular complexity index is 1260. The van der Waals surface area contributed by atoms with Crippen molar-refractivity contribution in [2.45, 2.75) is 50.1 Å². The van der Waals surface area contributed by atoms with Crippen molar-refractivity contribution < 1.29 is 4.79 Å². The molecule has 0 spiro atoms. The predicted molar refractivity (Wildman–Crippen MR) is 125 cm³/mol. The Kier molecular flexibility index (Phi) is 5.32. The molecule has 1 aliphatic carbocycles. The minimum atomic E-state index is -0.000321. The van der Waals surface area contributed by atoms with Crippen molar-refractivity contribution in [2.24, 2.45) is 0 Å². The van der Waals surface area contributed by atoms with Crippen LogP contribution in [0.4, 0.5) is 0 Å². The van der Waals surface area contributed by atoms with E-state index in [1.54, 1.807) is 11.8 Å². The molecule has 0 N–H and O–H groups in total. The van der Waals surface area contributed by atoms with Gasteiger partial charge in [0, 0.05) is 29.5 Å². The van der Waals surface area contributed by atoms with Gasteiger partial charge in [-0.1, -0.05) is 59.8 Å². The Morgan fingerprint density at radius 3 is 2.65 bits per heavy atom. The van der Waals surface area contributed by atoms with Crippen LogP contribution in [-0.4, -0.2) is 30.8 Å². The van der Waals surface area contributed by atoms with Gasteiger partial charge in [0.05, 0.1) is 16.5 Å². The van der Waals surface area contributed by atoms with Crippen LogP contribution in [0.15, 0.2) is 59.8 Å². The van der Waals surface area contributed by atoms with Crippen molar-refractivity contribution in [1.29, 1.82) is 0 Å². The van der Waals surface area contributed by atoms with Crippen LogP contribution in [0.1, 0.15) is 31.7 Å². The van der Waals surface area contributed by atoms with E-state index >= 15 is 0 Å². The number of rotatable bonds is 5. The fraction of sp³-hybridized carbons (Fsp3) is 0.280. The summed E-state index contributed by atoms with van der Waals surface area (Å²) in [7, 11) is 0. The van der Waals surface area contributed by atoms with Crippen LogP contribution in [0.25, 0.3) is 33.5 Å². The molecule has 0 aliphatic heterocycles. The fourth-order valence-corrected chi connectivity index (χ4v) is 5.35. The fourth-order valence-electron chi connectivity index (χ4n) is 4.13. The van der Waals surface area contributed by atoms with E-state index in [0.717, 1.165) is 58.1 Å². The summed E-state index contributed by atoms with van der Waals surface area (Å²) in [5, 5.41) is 10.9. The topological polar surface area (TPSA) is 60.7 Å². The summed E-state index contributed by atoms with van der Waals surface area (Å²) >= 11 is 1.56. The Morgan fingerprint density at radius 1 is 1.10 bits per heavy atom. The normalized spacial score (nSPS) is 16.3. The molecule has 0 saturated heterocycles. The lowest BCUT2D eigenvalue weighted by molar-refractivity contribution is -0.116. The average molecular weight is 429 g/mol. The third-order valence-corrected chi connectivity index (χ3v) is 7.13. The van der Waals surface area contributed by atoms with E-state index < -0.39 is 0 Å². The number of hydrogen-bond donors (Lipinski definition) is 0. The number of ketones is 1. The number of benzene rings is 2. The van der Waals surface area contributed by atoms with Gasteiger partial charge in [0.25, 0.3) is 0 Å². The smallest absolute Gasteiger partial charge is 0.192 e. The first-order valence-corrected chi connectivity index (χ1v) is 11.6. The standard InChI is InChI=1S/C25H24N4OS/c1-3-29-24(27-28-25(29)31-23-10-6-9-22(23)30)19-15-21(17-13-11-16(2)12-14-17)26-20-8-5-4-7-18(19)20/h4-5,7-8,11-15,23H,3,6,9-10H2,1-2H3. The van der Waals surface area contributed by atoms with Crippen LogP contribution in [0, 0.1) is 6.92 Å². The van der Waals surface area contributed by atoms with Gasteiger partial charge in [-0.15, -0.1) is 10.2 Å². The molecule has 2 heterocycles. The maximum atomic E-state index is 12.2. The van der Waals surface area contributed by atoms with Crippen molar-refractivity contribution in [3.63, 3.8) is 0 Å². The molecular weight excluding hydrogens is 404 g/mol. The zero-order valence-electron chi connectivity index (χ0n) is 17.7. The molecule has 0 bridgehead atoms. The molecule has 0 amide bonds. The molecule has 1 fully saturated rings. The number of aryl methyl sites for hydroxylation is 1. The highest BCUT2D eigenvalue weighted by molar-refractivity contribution is 8.00. The molecule has 5 nitrogen and oxygen atoms in total. The molecule has 1 saturated carbocycles. The molecular formula is C25H24N4OS. The number of nitrogens with zero attached hydrogens (tertiary/aromatic N) is 4. The Labute approximate surface area is 185 Å². The molecule has 156 valence electrons. The van der Waals surface area contributed by atoms with Gasteiger partial charge in [0.15, 0.2) is 11.0 Å². The first kappa shape index (κ1) is 19.9. The van der Waals surface area contributed by atoms with Gasteiger partial charge in [0.2, 0.25) is 0 Å². The lowest BCUT2D eigenvalue weighted by Crippen LogP contribution is -2.10. The first-order chi connectivity index (χ1) is 15.1. The van der Waals surface area contributed by atoms with Gasteiger partial charge < -0.3 is 4.57 Å². The summed E-state index contributed by atoms with van der Waals surface area (Å²) in [6.07, 6.45) is 2.57. The number of fused-ring (bicyclic) bond motifs is 1. The second-order valence-electron chi connectivity index (χ2n) is 7.95. The minimum absolute atomic E-state index is 0.000321. The van der Waals surface area contributed by atoms with Gasteiger partial charge in [0.1, 0.15) is 5.78 Å². The first-order valence-electron chi connectivity index (χ1n) is 10.7. The largest absolute Gasteiger partial charge is 0.302 e. The summed E-state index contributed by atoms with van der Waals surface area (Å²) in [6, 6.07) is 18.7. The lowest BCUT2D eigenvalue weighted by Gasteiger charge is -2.13. The van der Waals surface area contributed by atoms with E-state index in [1.165, 1.54) is 5.56 Å². The molecule has 31 heavy (non-hydrogen) atoms. The highest BCUT2D eigenvalue weighted by Gasteiger charge is 2.28. The summed E-state index contributed by atoms with van der Waals surface area (Å²) in [6.45, 7) is 4.92. The number of para-hydroxylation sites is 1. The van der Waals surface area contributed by atoms with Gasteiger partial charge in [-0.25, -0.2) is 4.98 Å². The number of carbonyl (C=O) groups excluding carboxylic acids is 1. The Hall–Kier alpha value is -2.99. The maximum Gasteiger partial charge on any atom is 0.192 e. The SMILES string of the molecule is CCn1c(SC2CCCC2=O)nnc1-c1cc(-c2ccc(C)cc2)nc2ccccc12. The van der Waals surface area contributed by atoms with E-state index in [0.29, 0.717) is 12.2 Å². The summed E-state index contributed by atoms with van der Waals surface area (Å²) in [5.41, 5.74) is 5.16. The number of hydrogen-bond acceptors (Lipinski definition) is 5. The van der Waals surface area contributed by atoms with Gasteiger partial charge >= 0.3 is 0 Å². The molecule has 1 aliphatic rings. The molecule has 2 aromatic carbocycles. The number of pyridine rings is 1. The summed E-state index contributed by atoms with van der Waals surface area (Å²) in [4.78, 5) is 17.1. The van der Waals surface area contributed by atoms with Crippen LogP contribution in [0.2, 0.25) is 0 Å². The summed E-state index contributed by atoms with van der Waals surface area (Å²) in [5.74, 6) is 1.15. The average Bonchev–Trinajstić information content (AvgIpc) is 3.39. The summed E-state index contributed by atoms with van der Waals surface area (Å²) < 4.78 is 2.12. The molecule has 0 radical (unpaired) electrons. The minimum Gasteiger partial charge on any atom is -0.302 e. The molecule has 1 atom stereocenters. The van der Waals surface area contributed by atoms with E-state index in [-0.39, 0.29) is 5.25 Å². The number of carbonyl (C=O) groups is 1. The number of aromatic nitrogens is 4. The Balaban J connectivity index is 1.64. The zero-order valence-corrected chi connectivity index (χ0v) is 18.5. The van der Waals surface area contributed by atoms with Crippen LogP contribution < -0.4 is 0 Å².